The van der Waals surface area contributed by atoms with Crippen molar-refractivity contribution in [3.05, 3.63) is 78.8 Å². The van der Waals surface area contributed by atoms with Crippen molar-refractivity contribution >= 4 is 22.4 Å². The van der Waals surface area contributed by atoms with E-state index in [1.807, 2.05) is 65.6 Å². The largest absolute Gasteiger partial charge is 0.495 e. The van der Waals surface area contributed by atoms with Gasteiger partial charge in [0.2, 0.25) is 0 Å². The first-order valence-corrected chi connectivity index (χ1v) is 10.3. The molecule has 0 atom stereocenters. The van der Waals surface area contributed by atoms with Crippen LogP contribution in [0.4, 0.5) is 5.69 Å². The number of amides is 1. The highest BCUT2D eigenvalue weighted by molar-refractivity contribution is 5.99. The van der Waals surface area contributed by atoms with Crippen LogP contribution in [0.3, 0.4) is 0 Å². The summed E-state index contributed by atoms with van der Waals surface area (Å²) in [5.74, 6) is 1.26. The number of anilines is 1. The zero-order valence-corrected chi connectivity index (χ0v) is 17.3. The molecule has 1 aliphatic rings. The summed E-state index contributed by atoms with van der Waals surface area (Å²) in [4.78, 5) is 21.6. The minimum atomic E-state index is -0.100. The zero-order valence-electron chi connectivity index (χ0n) is 17.3. The van der Waals surface area contributed by atoms with Gasteiger partial charge in [0.05, 0.1) is 12.8 Å². The van der Waals surface area contributed by atoms with Gasteiger partial charge in [0.1, 0.15) is 5.75 Å². The smallest absolute Gasteiger partial charge is 0.276 e. The van der Waals surface area contributed by atoms with Crippen molar-refractivity contribution in [1.29, 1.82) is 0 Å². The Labute approximate surface area is 180 Å². The van der Waals surface area contributed by atoms with Crippen molar-refractivity contribution in [2.75, 3.05) is 38.2 Å². The van der Waals surface area contributed by atoms with Crippen LogP contribution in [-0.2, 0) is 0 Å². The lowest BCUT2D eigenvalue weighted by Crippen LogP contribution is -2.49. The van der Waals surface area contributed by atoms with Gasteiger partial charge in [-0.15, -0.1) is 0 Å². The van der Waals surface area contributed by atoms with E-state index in [1.54, 1.807) is 7.11 Å². The van der Waals surface area contributed by atoms with Crippen molar-refractivity contribution in [3.8, 4) is 17.1 Å². The molecule has 31 heavy (non-hydrogen) atoms. The SMILES string of the molecule is COc1ccccc1N1CCN(C(=O)c2ncoc2-c2ccc3ccccc3c2)CC1. The predicted molar refractivity (Wildman–Crippen MR) is 121 cm³/mol. The van der Waals surface area contributed by atoms with Crippen molar-refractivity contribution in [2.24, 2.45) is 0 Å². The summed E-state index contributed by atoms with van der Waals surface area (Å²) >= 11 is 0. The Balaban J connectivity index is 1.34. The van der Waals surface area contributed by atoms with E-state index in [2.05, 4.69) is 16.0 Å². The van der Waals surface area contributed by atoms with Crippen molar-refractivity contribution in [2.45, 2.75) is 0 Å². The van der Waals surface area contributed by atoms with Gasteiger partial charge in [0, 0.05) is 31.7 Å². The standard InChI is InChI=1S/C25H23N3O3/c1-30-22-9-5-4-8-21(22)27-12-14-28(15-13-27)25(29)23-24(31-17-26-23)20-11-10-18-6-2-3-7-19(18)16-20/h2-11,16-17H,12-15H2,1H3. The third-order valence-corrected chi connectivity index (χ3v) is 5.77. The maximum atomic E-state index is 13.2. The number of carbonyl (C=O) groups is 1. The number of methoxy groups -OCH3 is 1. The van der Waals surface area contributed by atoms with Crippen LogP contribution in [0.2, 0.25) is 0 Å². The molecule has 5 rings (SSSR count). The molecule has 1 aromatic heterocycles. The van der Waals surface area contributed by atoms with Gasteiger partial charge >= 0.3 is 0 Å². The number of carbonyl (C=O) groups excluding carboxylic acids is 1. The van der Waals surface area contributed by atoms with Crippen molar-refractivity contribution in [3.63, 3.8) is 0 Å². The Hall–Kier alpha value is -3.80. The highest BCUT2D eigenvalue weighted by atomic mass is 16.5. The third kappa shape index (κ3) is 3.61. The van der Waals surface area contributed by atoms with Crippen LogP contribution in [0.25, 0.3) is 22.1 Å². The van der Waals surface area contributed by atoms with E-state index < -0.39 is 0 Å². The molecule has 1 fully saturated rings. The summed E-state index contributed by atoms with van der Waals surface area (Å²) in [6.45, 7) is 2.69. The maximum absolute atomic E-state index is 13.2. The molecule has 0 aliphatic carbocycles. The van der Waals surface area contributed by atoms with E-state index in [4.69, 9.17) is 9.15 Å². The summed E-state index contributed by atoms with van der Waals surface area (Å²) in [5.41, 5.74) is 2.27. The number of piperazine rings is 1. The topological polar surface area (TPSA) is 58.8 Å². The molecular formula is C25H23N3O3. The Kier molecular flexibility index (Phi) is 5.04. The van der Waals surface area contributed by atoms with Gasteiger partial charge in [0.25, 0.3) is 5.91 Å². The van der Waals surface area contributed by atoms with Gasteiger partial charge in [-0.25, -0.2) is 4.98 Å². The van der Waals surface area contributed by atoms with Crippen LogP contribution in [0.15, 0.2) is 77.5 Å². The number of nitrogens with zero attached hydrogens (tertiary/aromatic N) is 3. The van der Waals surface area contributed by atoms with Gasteiger partial charge in [-0.3, -0.25) is 4.79 Å². The fourth-order valence-corrected chi connectivity index (χ4v) is 4.13. The molecule has 2 heterocycles. The second-order valence-corrected chi connectivity index (χ2v) is 7.54. The quantitative estimate of drug-likeness (QED) is 0.494. The number of rotatable bonds is 4. The lowest BCUT2D eigenvalue weighted by atomic mass is 10.0. The van der Waals surface area contributed by atoms with Crippen LogP contribution in [0.5, 0.6) is 5.75 Å². The number of hydrogen-bond acceptors (Lipinski definition) is 5. The van der Waals surface area contributed by atoms with Crippen LogP contribution in [0, 0.1) is 0 Å². The average molecular weight is 413 g/mol. The number of ether oxygens (including phenoxy) is 1. The van der Waals surface area contributed by atoms with Crippen LogP contribution in [0.1, 0.15) is 10.5 Å². The van der Waals surface area contributed by atoms with E-state index in [-0.39, 0.29) is 5.91 Å². The summed E-state index contributed by atoms with van der Waals surface area (Å²) < 4.78 is 11.1. The molecular weight excluding hydrogens is 390 g/mol. The van der Waals surface area contributed by atoms with E-state index in [9.17, 15) is 4.79 Å². The number of oxazole rings is 1. The lowest BCUT2D eigenvalue weighted by molar-refractivity contribution is 0.0742. The predicted octanol–water partition coefficient (Wildman–Crippen LogP) is 4.47. The Morgan fingerprint density at radius 1 is 0.935 bits per heavy atom. The molecule has 0 bridgehead atoms. The molecule has 1 amide bonds. The van der Waals surface area contributed by atoms with E-state index in [0.717, 1.165) is 40.9 Å². The Morgan fingerprint density at radius 2 is 1.68 bits per heavy atom. The van der Waals surface area contributed by atoms with E-state index >= 15 is 0 Å². The van der Waals surface area contributed by atoms with Gasteiger partial charge in [-0.05, 0) is 29.0 Å². The van der Waals surface area contributed by atoms with E-state index in [0.29, 0.717) is 24.5 Å². The van der Waals surface area contributed by atoms with Gasteiger partial charge in [0.15, 0.2) is 17.8 Å². The zero-order chi connectivity index (χ0) is 21.2. The third-order valence-electron chi connectivity index (χ3n) is 5.77. The number of para-hydroxylation sites is 2. The van der Waals surface area contributed by atoms with Crippen LogP contribution < -0.4 is 9.64 Å². The normalized spacial score (nSPS) is 14.1. The molecule has 6 heteroatoms. The van der Waals surface area contributed by atoms with Gasteiger partial charge in [-0.1, -0.05) is 48.5 Å². The average Bonchev–Trinajstić information content (AvgIpc) is 3.33. The summed E-state index contributed by atoms with van der Waals surface area (Å²) in [5, 5.41) is 2.24. The highest BCUT2D eigenvalue weighted by Crippen LogP contribution is 2.30. The molecule has 0 saturated carbocycles. The summed E-state index contributed by atoms with van der Waals surface area (Å²) in [6, 6.07) is 22.1. The lowest BCUT2D eigenvalue weighted by Gasteiger charge is -2.36. The fourth-order valence-electron chi connectivity index (χ4n) is 4.13. The number of hydrogen-bond donors (Lipinski definition) is 0. The molecule has 1 aliphatic heterocycles. The summed E-state index contributed by atoms with van der Waals surface area (Å²) in [6.07, 6.45) is 1.35. The fraction of sp³-hybridized carbons (Fsp3) is 0.200. The molecule has 0 spiro atoms. The molecule has 4 aromatic rings. The minimum absolute atomic E-state index is 0.100. The Bertz CT molecular complexity index is 1230. The molecule has 3 aromatic carbocycles. The molecule has 0 radical (unpaired) electrons. The molecule has 0 N–H and O–H groups in total. The first kappa shape index (κ1) is 19.2. The molecule has 156 valence electrons. The maximum Gasteiger partial charge on any atom is 0.276 e. The first-order chi connectivity index (χ1) is 15.2. The van der Waals surface area contributed by atoms with Gasteiger partial charge < -0.3 is 19.0 Å². The van der Waals surface area contributed by atoms with Gasteiger partial charge in [-0.2, -0.15) is 0 Å². The van der Waals surface area contributed by atoms with Crippen LogP contribution >= 0.6 is 0 Å². The number of aromatic nitrogens is 1. The number of fused-ring (bicyclic) bond motifs is 1. The van der Waals surface area contributed by atoms with E-state index in [1.165, 1.54) is 6.39 Å². The molecule has 6 nitrogen and oxygen atoms in total. The molecule has 1 saturated heterocycles. The Morgan fingerprint density at radius 3 is 2.48 bits per heavy atom. The van der Waals surface area contributed by atoms with Crippen molar-refractivity contribution in [1.82, 2.24) is 9.88 Å². The van der Waals surface area contributed by atoms with Crippen LogP contribution in [-0.4, -0.2) is 49.1 Å². The minimum Gasteiger partial charge on any atom is -0.495 e. The number of benzene rings is 3. The monoisotopic (exact) mass is 413 g/mol. The first-order valence-electron chi connectivity index (χ1n) is 10.3. The second kappa shape index (κ2) is 8.14. The second-order valence-electron chi connectivity index (χ2n) is 7.54. The summed E-state index contributed by atoms with van der Waals surface area (Å²) in [7, 11) is 1.68. The highest BCUT2D eigenvalue weighted by Gasteiger charge is 2.28. The van der Waals surface area contributed by atoms with Crippen molar-refractivity contribution < 1.29 is 13.9 Å². The molecule has 0 unspecified atom stereocenters.